The first-order valence-corrected chi connectivity index (χ1v) is 4.08. The highest BCUT2D eigenvalue weighted by atomic mass is 15.4. The number of nitrogens with zero attached hydrogens (tertiary/aromatic N) is 5. The second kappa shape index (κ2) is 3.01. The average molecular weight is 177 g/mol. The van der Waals surface area contributed by atoms with Gasteiger partial charge in [0.05, 0.1) is 12.7 Å². The summed E-state index contributed by atoms with van der Waals surface area (Å²) in [7, 11) is 1.85. The Kier molecular flexibility index (Phi) is 1.84. The van der Waals surface area contributed by atoms with Crippen molar-refractivity contribution in [3.8, 4) is 0 Å². The zero-order valence-electron chi connectivity index (χ0n) is 7.68. The summed E-state index contributed by atoms with van der Waals surface area (Å²) in [6.45, 7) is 2.70. The highest BCUT2D eigenvalue weighted by Crippen LogP contribution is 1.98. The number of rotatable bonds is 2. The van der Waals surface area contributed by atoms with Crippen molar-refractivity contribution >= 4 is 0 Å². The van der Waals surface area contributed by atoms with Gasteiger partial charge in [0.2, 0.25) is 0 Å². The molecule has 0 radical (unpaired) electrons. The van der Waals surface area contributed by atoms with Gasteiger partial charge in [-0.2, -0.15) is 5.10 Å². The van der Waals surface area contributed by atoms with Crippen LogP contribution in [0, 0.1) is 6.92 Å². The summed E-state index contributed by atoms with van der Waals surface area (Å²) >= 11 is 0. The van der Waals surface area contributed by atoms with Gasteiger partial charge < -0.3 is 0 Å². The van der Waals surface area contributed by atoms with Crippen molar-refractivity contribution in [1.82, 2.24) is 24.8 Å². The van der Waals surface area contributed by atoms with E-state index in [1.165, 1.54) is 0 Å². The van der Waals surface area contributed by atoms with Crippen LogP contribution >= 0.6 is 0 Å². The second-order valence-electron chi connectivity index (χ2n) is 3.10. The molecule has 0 saturated carbocycles. The number of aryl methyl sites for hydroxylation is 2. The molecule has 5 nitrogen and oxygen atoms in total. The van der Waals surface area contributed by atoms with Crippen LogP contribution in [-0.2, 0) is 13.6 Å². The molecule has 2 aromatic heterocycles. The summed E-state index contributed by atoms with van der Waals surface area (Å²) < 4.78 is 3.53. The molecule has 0 amide bonds. The van der Waals surface area contributed by atoms with Gasteiger partial charge in [0.1, 0.15) is 5.69 Å². The lowest BCUT2D eigenvalue weighted by Gasteiger charge is -1.94. The van der Waals surface area contributed by atoms with Crippen LogP contribution in [0.2, 0.25) is 0 Å². The first-order valence-electron chi connectivity index (χ1n) is 4.08. The molecule has 2 heterocycles. The van der Waals surface area contributed by atoms with E-state index in [1.54, 1.807) is 4.68 Å². The van der Waals surface area contributed by atoms with Crippen LogP contribution in [0.15, 0.2) is 18.6 Å². The Morgan fingerprint density at radius 2 is 2.23 bits per heavy atom. The molecule has 0 aromatic carbocycles. The molecular weight excluding hydrogens is 166 g/mol. The third kappa shape index (κ3) is 1.74. The number of aromatic nitrogens is 5. The van der Waals surface area contributed by atoms with Crippen LogP contribution in [-0.4, -0.2) is 24.8 Å². The largest absolute Gasteiger partial charge is 0.266 e. The SMILES string of the molecule is Cc1cnn(Cc2cn(C)nn2)c1. The van der Waals surface area contributed by atoms with Gasteiger partial charge in [-0.1, -0.05) is 5.21 Å². The third-order valence-electron chi connectivity index (χ3n) is 1.74. The van der Waals surface area contributed by atoms with E-state index in [0.717, 1.165) is 11.3 Å². The van der Waals surface area contributed by atoms with Gasteiger partial charge in [0.15, 0.2) is 0 Å². The minimum atomic E-state index is 0.682. The molecule has 0 aliphatic carbocycles. The van der Waals surface area contributed by atoms with E-state index in [1.807, 2.05) is 37.2 Å². The van der Waals surface area contributed by atoms with Crippen molar-refractivity contribution in [2.45, 2.75) is 13.5 Å². The standard InChI is InChI=1S/C8H11N5/c1-7-3-9-13(4-7)6-8-5-12(2)11-10-8/h3-5H,6H2,1-2H3. The average Bonchev–Trinajstić information content (AvgIpc) is 2.62. The van der Waals surface area contributed by atoms with Crippen LogP contribution in [0.3, 0.4) is 0 Å². The molecule has 0 spiro atoms. The van der Waals surface area contributed by atoms with Crippen molar-refractivity contribution in [3.05, 3.63) is 29.8 Å². The van der Waals surface area contributed by atoms with Gasteiger partial charge in [-0.15, -0.1) is 5.10 Å². The Morgan fingerprint density at radius 3 is 2.77 bits per heavy atom. The topological polar surface area (TPSA) is 48.5 Å². The van der Waals surface area contributed by atoms with E-state index in [4.69, 9.17) is 0 Å². The quantitative estimate of drug-likeness (QED) is 0.665. The lowest BCUT2D eigenvalue weighted by Crippen LogP contribution is -1.99. The summed E-state index contributed by atoms with van der Waals surface area (Å²) in [6, 6.07) is 0. The number of hydrogen-bond acceptors (Lipinski definition) is 3. The Balaban J connectivity index is 2.14. The molecule has 13 heavy (non-hydrogen) atoms. The normalized spacial score (nSPS) is 10.6. The summed E-state index contributed by atoms with van der Waals surface area (Å²) in [5.41, 5.74) is 2.08. The number of hydrogen-bond donors (Lipinski definition) is 0. The molecule has 0 fully saturated rings. The summed E-state index contributed by atoms with van der Waals surface area (Å²) in [6.07, 6.45) is 5.70. The lowest BCUT2D eigenvalue weighted by molar-refractivity contribution is 0.667. The predicted octanol–water partition coefficient (Wildman–Crippen LogP) is 0.368. The molecule has 0 aliphatic heterocycles. The van der Waals surface area contributed by atoms with Crippen LogP contribution in [0.25, 0.3) is 0 Å². The molecule has 0 atom stereocenters. The van der Waals surface area contributed by atoms with Gasteiger partial charge in [0.25, 0.3) is 0 Å². The predicted molar refractivity (Wildman–Crippen MR) is 47.1 cm³/mol. The van der Waals surface area contributed by atoms with Crippen molar-refractivity contribution in [1.29, 1.82) is 0 Å². The smallest absolute Gasteiger partial charge is 0.104 e. The zero-order chi connectivity index (χ0) is 9.26. The first-order chi connectivity index (χ1) is 6.24. The van der Waals surface area contributed by atoms with E-state index in [-0.39, 0.29) is 0 Å². The molecule has 0 bridgehead atoms. The van der Waals surface area contributed by atoms with Crippen LogP contribution in [0.1, 0.15) is 11.3 Å². The highest BCUT2D eigenvalue weighted by molar-refractivity contribution is 5.02. The Labute approximate surface area is 76.0 Å². The van der Waals surface area contributed by atoms with Gasteiger partial charge in [-0.05, 0) is 12.5 Å². The molecule has 0 unspecified atom stereocenters. The monoisotopic (exact) mass is 177 g/mol. The molecule has 0 saturated heterocycles. The van der Waals surface area contributed by atoms with Gasteiger partial charge in [-0.25, -0.2) is 0 Å². The molecular formula is C8H11N5. The fourth-order valence-corrected chi connectivity index (χ4v) is 1.19. The van der Waals surface area contributed by atoms with Crippen molar-refractivity contribution < 1.29 is 0 Å². The maximum absolute atomic E-state index is 4.16. The fourth-order valence-electron chi connectivity index (χ4n) is 1.19. The molecule has 0 aliphatic rings. The maximum Gasteiger partial charge on any atom is 0.104 e. The van der Waals surface area contributed by atoms with E-state index < -0.39 is 0 Å². The van der Waals surface area contributed by atoms with Crippen molar-refractivity contribution in [2.24, 2.45) is 7.05 Å². The van der Waals surface area contributed by atoms with E-state index in [2.05, 4.69) is 15.4 Å². The van der Waals surface area contributed by atoms with Crippen LogP contribution < -0.4 is 0 Å². The van der Waals surface area contributed by atoms with Crippen molar-refractivity contribution in [2.75, 3.05) is 0 Å². The molecule has 0 N–H and O–H groups in total. The summed E-state index contributed by atoms with van der Waals surface area (Å²) in [5, 5.41) is 12.0. The first kappa shape index (κ1) is 7.97. The summed E-state index contributed by atoms with van der Waals surface area (Å²) in [4.78, 5) is 0. The van der Waals surface area contributed by atoms with Crippen molar-refractivity contribution in [3.63, 3.8) is 0 Å². The Morgan fingerprint density at radius 1 is 1.38 bits per heavy atom. The van der Waals surface area contributed by atoms with E-state index in [0.29, 0.717) is 6.54 Å². The van der Waals surface area contributed by atoms with E-state index >= 15 is 0 Å². The molecule has 2 rings (SSSR count). The lowest BCUT2D eigenvalue weighted by atomic mass is 10.4. The van der Waals surface area contributed by atoms with E-state index in [9.17, 15) is 0 Å². The van der Waals surface area contributed by atoms with Crippen LogP contribution in [0.5, 0.6) is 0 Å². The third-order valence-corrected chi connectivity index (χ3v) is 1.74. The summed E-state index contributed by atoms with van der Waals surface area (Å²) in [5.74, 6) is 0. The van der Waals surface area contributed by atoms with Gasteiger partial charge in [-0.3, -0.25) is 9.36 Å². The highest BCUT2D eigenvalue weighted by Gasteiger charge is 1.99. The minimum Gasteiger partial charge on any atom is -0.266 e. The minimum absolute atomic E-state index is 0.682. The molecule has 68 valence electrons. The molecule has 5 heteroatoms. The molecule has 2 aromatic rings. The Bertz CT molecular complexity index is 362. The second-order valence-corrected chi connectivity index (χ2v) is 3.10. The Hall–Kier alpha value is -1.65. The van der Waals surface area contributed by atoms with Gasteiger partial charge >= 0.3 is 0 Å². The maximum atomic E-state index is 4.16. The zero-order valence-corrected chi connectivity index (χ0v) is 7.68. The fraction of sp³-hybridized carbons (Fsp3) is 0.375. The van der Waals surface area contributed by atoms with Crippen LogP contribution in [0.4, 0.5) is 0 Å². The van der Waals surface area contributed by atoms with Gasteiger partial charge in [0, 0.05) is 19.4 Å².